The van der Waals surface area contributed by atoms with Gasteiger partial charge in [0.1, 0.15) is 18.3 Å². The Morgan fingerprint density at radius 3 is 2.41 bits per heavy atom. The highest BCUT2D eigenvalue weighted by atomic mass is 16.5. The topological polar surface area (TPSA) is 70.2 Å². The summed E-state index contributed by atoms with van der Waals surface area (Å²) < 4.78 is 5.26. The number of carbonyl (C=O) groups is 3. The number of imide groups is 1. The van der Waals surface area contributed by atoms with Crippen molar-refractivity contribution in [3.63, 3.8) is 0 Å². The number of hydrogen-bond acceptors (Lipinski definition) is 4. The Balaban J connectivity index is 1.45. The van der Waals surface area contributed by atoms with Crippen molar-refractivity contribution in [2.24, 2.45) is 0 Å². The zero-order valence-electron chi connectivity index (χ0n) is 18.3. The molecule has 1 saturated heterocycles. The molecule has 7 nitrogen and oxygen atoms in total. The number of rotatable bonds is 6. The van der Waals surface area contributed by atoms with Gasteiger partial charge in [-0.1, -0.05) is 36.4 Å². The lowest BCUT2D eigenvalue weighted by molar-refractivity contribution is -0.136. The zero-order chi connectivity index (χ0) is 22.8. The molecule has 1 heterocycles. The van der Waals surface area contributed by atoms with E-state index in [0.29, 0.717) is 12.2 Å². The van der Waals surface area contributed by atoms with Gasteiger partial charge in [0.15, 0.2) is 0 Å². The minimum atomic E-state index is -0.652. The molecule has 3 aromatic carbocycles. The van der Waals surface area contributed by atoms with Crippen LogP contribution in [0, 0.1) is 0 Å². The van der Waals surface area contributed by atoms with E-state index < -0.39 is 12.1 Å². The van der Waals surface area contributed by atoms with Crippen LogP contribution >= 0.6 is 0 Å². The number of likely N-dealkylation sites (N-methyl/N-ethyl adjacent to an activating group) is 1. The van der Waals surface area contributed by atoms with E-state index in [0.717, 1.165) is 27.0 Å². The summed E-state index contributed by atoms with van der Waals surface area (Å²) in [6.45, 7) is 1.76. The fourth-order valence-electron chi connectivity index (χ4n) is 3.91. The van der Waals surface area contributed by atoms with Gasteiger partial charge < -0.3 is 9.64 Å². The third-order valence-corrected chi connectivity index (χ3v) is 5.73. The van der Waals surface area contributed by atoms with Gasteiger partial charge in [-0.2, -0.15) is 0 Å². The number of nitrogens with zero attached hydrogens (tertiary/aromatic N) is 3. The van der Waals surface area contributed by atoms with Crippen molar-refractivity contribution in [3.8, 4) is 5.75 Å². The minimum absolute atomic E-state index is 0.285. The number of benzene rings is 3. The maximum Gasteiger partial charge on any atom is 0.332 e. The first-order valence-electron chi connectivity index (χ1n) is 10.4. The van der Waals surface area contributed by atoms with Crippen LogP contribution in [0.1, 0.15) is 12.5 Å². The standard InChI is InChI=1S/C25H25N3O4/c1-17-24(30)27(25(31)28(17)21-7-5-4-6-8-21)16-23(29)26(2)15-18-9-10-20-14-22(32-3)12-11-19(20)13-18/h4-14,17H,15-16H2,1-3H3/t17-/m0/s1. The molecule has 1 atom stereocenters. The monoisotopic (exact) mass is 431 g/mol. The first-order valence-corrected chi connectivity index (χ1v) is 10.4. The molecule has 0 N–H and O–H groups in total. The molecule has 1 aliphatic rings. The fourth-order valence-corrected chi connectivity index (χ4v) is 3.91. The van der Waals surface area contributed by atoms with Gasteiger partial charge in [0, 0.05) is 19.3 Å². The summed E-state index contributed by atoms with van der Waals surface area (Å²) in [5.74, 6) is 0.111. The molecule has 0 spiro atoms. The molecule has 32 heavy (non-hydrogen) atoms. The van der Waals surface area contributed by atoms with Crippen LogP contribution < -0.4 is 9.64 Å². The highest BCUT2D eigenvalue weighted by molar-refractivity contribution is 6.15. The van der Waals surface area contributed by atoms with E-state index in [1.807, 2.05) is 42.5 Å². The Kier molecular flexibility index (Phi) is 5.81. The molecule has 0 aromatic heterocycles. The number of methoxy groups -OCH3 is 1. The van der Waals surface area contributed by atoms with Gasteiger partial charge >= 0.3 is 6.03 Å². The van der Waals surface area contributed by atoms with E-state index >= 15 is 0 Å². The van der Waals surface area contributed by atoms with Crippen LogP contribution in [0.3, 0.4) is 0 Å². The van der Waals surface area contributed by atoms with Crippen LogP contribution in [-0.4, -0.2) is 54.4 Å². The molecule has 4 amide bonds. The van der Waals surface area contributed by atoms with Crippen LogP contribution in [0.4, 0.5) is 10.5 Å². The first kappa shape index (κ1) is 21.4. The Morgan fingerprint density at radius 2 is 1.69 bits per heavy atom. The number of anilines is 1. The van der Waals surface area contributed by atoms with Crippen molar-refractivity contribution >= 4 is 34.3 Å². The van der Waals surface area contributed by atoms with Gasteiger partial charge in [-0.15, -0.1) is 0 Å². The number of para-hydroxylation sites is 1. The van der Waals surface area contributed by atoms with Crippen molar-refractivity contribution < 1.29 is 19.1 Å². The average Bonchev–Trinajstić information content (AvgIpc) is 3.02. The molecule has 1 aliphatic heterocycles. The summed E-state index contributed by atoms with van der Waals surface area (Å²) in [7, 11) is 3.30. The number of carbonyl (C=O) groups excluding carboxylic acids is 3. The quantitative estimate of drug-likeness (QED) is 0.559. The van der Waals surface area contributed by atoms with Crippen LogP contribution in [0.25, 0.3) is 10.8 Å². The van der Waals surface area contributed by atoms with Gasteiger partial charge in [-0.05, 0) is 53.6 Å². The predicted octanol–water partition coefficient (Wildman–Crippen LogP) is 3.66. The lowest BCUT2D eigenvalue weighted by Crippen LogP contribution is -2.42. The Labute approximate surface area is 186 Å². The van der Waals surface area contributed by atoms with Gasteiger partial charge in [-0.25, -0.2) is 4.79 Å². The molecule has 164 valence electrons. The molecule has 0 radical (unpaired) electrons. The summed E-state index contributed by atoms with van der Waals surface area (Å²) in [5.41, 5.74) is 1.59. The third kappa shape index (κ3) is 4.01. The maximum absolute atomic E-state index is 12.9. The summed E-state index contributed by atoms with van der Waals surface area (Å²) in [5, 5.41) is 2.09. The number of fused-ring (bicyclic) bond motifs is 1. The van der Waals surface area contributed by atoms with Crippen molar-refractivity contribution in [2.45, 2.75) is 19.5 Å². The van der Waals surface area contributed by atoms with Crippen LogP contribution in [-0.2, 0) is 16.1 Å². The normalized spacial score (nSPS) is 16.0. The van der Waals surface area contributed by atoms with Crippen molar-refractivity contribution in [1.82, 2.24) is 9.80 Å². The highest BCUT2D eigenvalue weighted by Gasteiger charge is 2.44. The lowest BCUT2D eigenvalue weighted by Gasteiger charge is -2.21. The molecule has 0 unspecified atom stereocenters. The molecular weight excluding hydrogens is 406 g/mol. The first-order chi connectivity index (χ1) is 15.4. The van der Waals surface area contributed by atoms with E-state index in [4.69, 9.17) is 4.74 Å². The molecule has 4 rings (SSSR count). The lowest BCUT2D eigenvalue weighted by atomic mass is 10.1. The van der Waals surface area contributed by atoms with Crippen molar-refractivity contribution in [1.29, 1.82) is 0 Å². The molecule has 0 aliphatic carbocycles. The largest absolute Gasteiger partial charge is 0.497 e. The van der Waals surface area contributed by atoms with Crippen molar-refractivity contribution in [3.05, 3.63) is 72.3 Å². The summed E-state index contributed by atoms with van der Waals surface area (Å²) in [6, 6.07) is 19.7. The predicted molar refractivity (Wildman–Crippen MR) is 122 cm³/mol. The Hall–Kier alpha value is -3.87. The smallest absolute Gasteiger partial charge is 0.332 e. The second kappa shape index (κ2) is 8.70. The van der Waals surface area contributed by atoms with Gasteiger partial charge in [0.05, 0.1) is 7.11 Å². The Morgan fingerprint density at radius 1 is 1.00 bits per heavy atom. The fraction of sp³-hybridized carbons (Fsp3) is 0.240. The average molecular weight is 431 g/mol. The van der Waals surface area contributed by atoms with Gasteiger partial charge in [0.25, 0.3) is 5.91 Å². The number of urea groups is 1. The molecule has 0 saturated carbocycles. The van der Waals surface area contributed by atoms with E-state index in [2.05, 4.69) is 0 Å². The number of hydrogen-bond donors (Lipinski definition) is 0. The van der Waals surface area contributed by atoms with Crippen LogP contribution in [0.2, 0.25) is 0 Å². The van der Waals surface area contributed by atoms with Crippen LogP contribution in [0.5, 0.6) is 5.75 Å². The summed E-state index contributed by atoms with van der Waals surface area (Å²) in [4.78, 5) is 42.4. The van der Waals surface area contributed by atoms with Gasteiger partial charge in [0.2, 0.25) is 5.91 Å². The second-order valence-electron chi connectivity index (χ2n) is 7.89. The molecule has 0 bridgehead atoms. The van der Waals surface area contributed by atoms with E-state index in [9.17, 15) is 14.4 Å². The van der Waals surface area contributed by atoms with E-state index in [1.165, 1.54) is 9.80 Å². The second-order valence-corrected chi connectivity index (χ2v) is 7.89. The van der Waals surface area contributed by atoms with E-state index in [-0.39, 0.29) is 18.4 Å². The molecule has 7 heteroatoms. The third-order valence-electron chi connectivity index (χ3n) is 5.73. The van der Waals surface area contributed by atoms with Crippen LogP contribution in [0.15, 0.2) is 66.7 Å². The van der Waals surface area contributed by atoms with Crippen molar-refractivity contribution in [2.75, 3.05) is 25.6 Å². The molecular formula is C25H25N3O4. The molecule has 1 fully saturated rings. The summed E-state index contributed by atoms with van der Waals surface area (Å²) in [6.07, 6.45) is 0. The zero-order valence-corrected chi connectivity index (χ0v) is 18.3. The highest BCUT2D eigenvalue weighted by Crippen LogP contribution is 2.26. The Bertz CT molecular complexity index is 1180. The number of amides is 4. The SMILES string of the molecule is COc1ccc2cc(CN(C)C(=O)CN3C(=O)[C@H](C)N(c4ccccc4)C3=O)ccc2c1. The van der Waals surface area contributed by atoms with Gasteiger partial charge in [-0.3, -0.25) is 19.4 Å². The maximum atomic E-state index is 12.9. The molecule has 3 aromatic rings. The van der Waals surface area contributed by atoms with E-state index in [1.54, 1.807) is 45.3 Å². The minimum Gasteiger partial charge on any atom is -0.497 e. The number of ether oxygens (including phenoxy) is 1. The summed E-state index contributed by atoms with van der Waals surface area (Å²) >= 11 is 0.